The Morgan fingerprint density at radius 3 is 2.90 bits per heavy atom. The summed E-state index contributed by atoms with van der Waals surface area (Å²) in [4.78, 5) is 8.89. The number of nitrogens with zero attached hydrogens (tertiary/aromatic N) is 7. The number of aromatic hydroxyl groups is 1. The molecule has 0 amide bonds. The van der Waals surface area contributed by atoms with Gasteiger partial charge in [-0.15, -0.1) is 5.10 Å². The number of rotatable bonds is 8. The van der Waals surface area contributed by atoms with Crippen molar-refractivity contribution in [3.63, 3.8) is 0 Å². The summed E-state index contributed by atoms with van der Waals surface area (Å²) in [5.74, 6) is 0.949. The molecule has 3 heterocycles. The molecule has 160 valence electrons. The monoisotopic (exact) mass is 418 g/mol. The van der Waals surface area contributed by atoms with E-state index in [1.54, 1.807) is 12.3 Å². The predicted molar refractivity (Wildman–Crippen MR) is 115 cm³/mol. The molecule has 5 rings (SSSR count). The maximum Gasteiger partial charge on any atom is 0.174 e. The van der Waals surface area contributed by atoms with E-state index in [0.717, 1.165) is 49.3 Å². The van der Waals surface area contributed by atoms with Crippen LogP contribution in [0.1, 0.15) is 55.7 Å². The van der Waals surface area contributed by atoms with Crippen molar-refractivity contribution in [1.29, 1.82) is 0 Å². The summed E-state index contributed by atoms with van der Waals surface area (Å²) in [5, 5.41) is 27.5. The molecule has 0 aliphatic heterocycles. The fraction of sp³-hybridized carbons (Fsp3) is 0.409. The first-order chi connectivity index (χ1) is 15.3. The van der Waals surface area contributed by atoms with Gasteiger partial charge in [0.15, 0.2) is 5.82 Å². The van der Waals surface area contributed by atoms with Gasteiger partial charge in [-0.05, 0) is 48.4 Å². The van der Waals surface area contributed by atoms with Crippen LogP contribution in [0.5, 0.6) is 5.75 Å². The summed E-state index contributed by atoms with van der Waals surface area (Å²) >= 11 is 0. The number of pyridine rings is 1. The van der Waals surface area contributed by atoms with Gasteiger partial charge in [0, 0.05) is 24.3 Å². The highest BCUT2D eigenvalue weighted by Gasteiger charge is 2.28. The van der Waals surface area contributed by atoms with Gasteiger partial charge in [0.1, 0.15) is 17.3 Å². The molecule has 0 spiro atoms. The molecule has 9 nitrogen and oxygen atoms in total. The first-order valence-electron chi connectivity index (χ1n) is 10.8. The van der Waals surface area contributed by atoms with Crippen LogP contribution in [0.2, 0.25) is 0 Å². The van der Waals surface area contributed by atoms with Crippen molar-refractivity contribution in [2.45, 2.75) is 50.7 Å². The Kier molecular flexibility index (Phi) is 5.57. The molecule has 1 aliphatic carbocycles. The van der Waals surface area contributed by atoms with Crippen LogP contribution >= 0.6 is 0 Å². The number of para-hydroxylation sites is 1. The molecule has 1 unspecified atom stereocenters. The molecule has 1 aromatic carbocycles. The molecule has 2 N–H and O–H groups in total. The van der Waals surface area contributed by atoms with Gasteiger partial charge in [0.05, 0.1) is 18.1 Å². The Morgan fingerprint density at radius 1 is 1.16 bits per heavy atom. The van der Waals surface area contributed by atoms with E-state index in [0.29, 0.717) is 11.6 Å². The number of benzene rings is 1. The molecule has 1 aliphatic rings. The van der Waals surface area contributed by atoms with Gasteiger partial charge in [-0.1, -0.05) is 31.0 Å². The normalized spacial score (nSPS) is 15.6. The molecule has 3 aromatic heterocycles. The van der Waals surface area contributed by atoms with E-state index < -0.39 is 0 Å². The van der Waals surface area contributed by atoms with Crippen LogP contribution in [-0.4, -0.2) is 46.4 Å². The Morgan fingerprint density at radius 2 is 2.06 bits per heavy atom. The molecule has 1 atom stereocenters. The number of imidazole rings is 1. The fourth-order valence-electron chi connectivity index (χ4n) is 4.36. The molecule has 31 heavy (non-hydrogen) atoms. The highest BCUT2D eigenvalue weighted by Crippen LogP contribution is 2.32. The van der Waals surface area contributed by atoms with Gasteiger partial charge in [-0.2, -0.15) is 0 Å². The number of phenolic OH excluding ortho intramolecular Hbond substituents is 1. The van der Waals surface area contributed by atoms with E-state index in [2.05, 4.69) is 30.4 Å². The van der Waals surface area contributed by atoms with E-state index in [1.165, 1.54) is 12.8 Å². The smallest absolute Gasteiger partial charge is 0.174 e. The topological polar surface area (TPSA) is 107 Å². The lowest BCUT2D eigenvalue weighted by Gasteiger charge is -2.20. The Labute approximate surface area is 180 Å². The highest BCUT2D eigenvalue weighted by atomic mass is 16.3. The quantitative estimate of drug-likeness (QED) is 0.424. The summed E-state index contributed by atoms with van der Waals surface area (Å²) in [6.07, 6.45) is 11.1. The van der Waals surface area contributed by atoms with Crippen LogP contribution in [0.25, 0.3) is 10.9 Å². The first-order valence-corrected chi connectivity index (χ1v) is 10.8. The predicted octanol–water partition coefficient (Wildman–Crippen LogP) is 3.01. The summed E-state index contributed by atoms with van der Waals surface area (Å²) in [5.41, 5.74) is 1.38. The van der Waals surface area contributed by atoms with Crippen LogP contribution in [0, 0.1) is 0 Å². The largest absolute Gasteiger partial charge is 0.506 e. The second-order valence-electron chi connectivity index (χ2n) is 8.05. The summed E-state index contributed by atoms with van der Waals surface area (Å²) in [6.45, 7) is 1.64. The number of hydrogen-bond donors (Lipinski definition) is 2. The van der Waals surface area contributed by atoms with Crippen LogP contribution in [0.4, 0.5) is 0 Å². The first kappa shape index (κ1) is 19.6. The van der Waals surface area contributed by atoms with Crippen LogP contribution in [-0.2, 0) is 6.54 Å². The third kappa shape index (κ3) is 4.13. The minimum atomic E-state index is -0.262. The van der Waals surface area contributed by atoms with Crippen LogP contribution < -0.4 is 5.32 Å². The van der Waals surface area contributed by atoms with Crippen LogP contribution in [0.15, 0.2) is 49.1 Å². The third-order valence-electron chi connectivity index (χ3n) is 5.96. The van der Waals surface area contributed by atoms with Gasteiger partial charge in [0.25, 0.3) is 0 Å². The van der Waals surface area contributed by atoms with Crippen molar-refractivity contribution < 1.29 is 5.11 Å². The lowest BCUT2D eigenvalue weighted by molar-refractivity contribution is 0.413. The van der Waals surface area contributed by atoms with Gasteiger partial charge in [-0.3, -0.25) is 0 Å². The second-order valence-corrected chi connectivity index (χ2v) is 8.05. The molecule has 1 fully saturated rings. The number of tetrazole rings is 1. The number of hydrogen-bond acceptors (Lipinski definition) is 7. The summed E-state index contributed by atoms with van der Waals surface area (Å²) < 4.78 is 4.03. The van der Waals surface area contributed by atoms with Crippen molar-refractivity contribution in [2.75, 3.05) is 6.54 Å². The molecular formula is C22H26N8O. The SMILES string of the molecule is Oc1cccc2ccc(C(NCCCn3ccnc3)c3nnnn3C3CCCC3)nc12. The molecule has 0 radical (unpaired) electrons. The molecule has 4 aromatic rings. The van der Waals surface area contributed by atoms with Gasteiger partial charge < -0.3 is 15.0 Å². The summed E-state index contributed by atoms with van der Waals surface area (Å²) in [7, 11) is 0. The lowest BCUT2D eigenvalue weighted by Crippen LogP contribution is -2.29. The fourth-order valence-corrected chi connectivity index (χ4v) is 4.36. The van der Waals surface area contributed by atoms with Gasteiger partial charge >= 0.3 is 0 Å². The Bertz CT molecular complexity index is 1130. The molecule has 0 saturated heterocycles. The number of fused-ring (bicyclic) bond motifs is 1. The standard InChI is InChI=1S/C22H26N8O/c31-19-8-3-5-16-9-10-18(25-20(16)19)21(24-11-4-13-29-14-12-23-15-29)22-26-27-28-30(22)17-6-1-2-7-17/h3,5,8-10,12,14-15,17,21,24,31H,1-2,4,6-7,11,13H2. The minimum absolute atomic E-state index is 0.175. The van der Waals surface area contributed by atoms with Crippen molar-refractivity contribution in [3.05, 3.63) is 60.6 Å². The number of aryl methyl sites for hydroxylation is 1. The minimum Gasteiger partial charge on any atom is -0.506 e. The zero-order valence-electron chi connectivity index (χ0n) is 17.3. The van der Waals surface area contributed by atoms with Gasteiger partial charge in [0.2, 0.25) is 0 Å². The molecule has 0 bridgehead atoms. The second kappa shape index (κ2) is 8.81. The zero-order chi connectivity index (χ0) is 21.0. The average molecular weight is 419 g/mol. The average Bonchev–Trinajstić information content (AvgIpc) is 3.56. The van der Waals surface area contributed by atoms with Crippen LogP contribution in [0.3, 0.4) is 0 Å². The highest BCUT2D eigenvalue weighted by molar-refractivity contribution is 5.84. The van der Waals surface area contributed by atoms with E-state index in [9.17, 15) is 5.11 Å². The van der Waals surface area contributed by atoms with Gasteiger partial charge in [-0.25, -0.2) is 14.6 Å². The molecule has 9 heteroatoms. The maximum atomic E-state index is 10.3. The Balaban J connectivity index is 1.44. The van der Waals surface area contributed by atoms with E-state index in [4.69, 9.17) is 4.98 Å². The maximum absolute atomic E-state index is 10.3. The summed E-state index contributed by atoms with van der Waals surface area (Å²) in [6, 6.07) is 9.48. The van der Waals surface area contributed by atoms with Crippen molar-refractivity contribution in [3.8, 4) is 5.75 Å². The van der Waals surface area contributed by atoms with Crippen molar-refractivity contribution in [2.24, 2.45) is 0 Å². The number of nitrogens with one attached hydrogen (secondary N) is 1. The van der Waals surface area contributed by atoms with E-state index in [1.807, 2.05) is 41.5 Å². The number of phenols is 1. The van der Waals surface area contributed by atoms with Crippen molar-refractivity contribution in [1.82, 2.24) is 40.1 Å². The lowest BCUT2D eigenvalue weighted by atomic mass is 10.1. The molecule has 1 saturated carbocycles. The third-order valence-corrected chi connectivity index (χ3v) is 5.96. The zero-order valence-corrected chi connectivity index (χ0v) is 17.3. The number of aromatic nitrogens is 7. The molecular weight excluding hydrogens is 392 g/mol. The Hall–Kier alpha value is -3.33. The van der Waals surface area contributed by atoms with E-state index in [-0.39, 0.29) is 11.8 Å². The van der Waals surface area contributed by atoms with Crippen molar-refractivity contribution >= 4 is 10.9 Å². The van der Waals surface area contributed by atoms with E-state index >= 15 is 0 Å².